The molecule has 0 N–H and O–H groups in total. The zero-order valence-electron chi connectivity index (χ0n) is 33.1. The summed E-state index contributed by atoms with van der Waals surface area (Å²) in [6, 6.07) is 51.7. The predicted octanol–water partition coefficient (Wildman–Crippen LogP) is 13.4. The molecule has 0 radical (unpaired) electrons. The standard InChI is InChI=1S/C51H45BN2S2/c1-30-24-41-45-42(25-30)54(38-22-18-36(19-23-38)51(5,6)7)47-40-27-32-13-9-11-15-34(32)29-44(40)56-49(47)52(45)48-46(53(41)37-20-16-35(17-21-37)50(2,3)4)39-26-31-12-8-10-14-33(31)28-43(39)55-48/h8-29,46,48H,1-7H3. The molecule has 11 rings (SSSR count). The molecule has 3 aliphatic rings. The summed E-state index contributed by atoms with van der Waals surface area (Å²) in [5.74, 6) is 0. The third-order valence-corrected chi connectivity index (χ3v) is 15.2. The second kappa shape index (κ2) is 12.0. The Morgan fingerprint density at radius 3 is 1.77 bits per heavy atom. The van der Waals surface area contributed by atoms with E-state index in [1.165, 1.54) is 97.5 Å². The minimum Gasteiger partial charge on any atom is -0.334 e. The summed E-state index contributed by atoms with van der Waals surface area (Å²) >= 11 is 4.13. The lowest BCUT2D eigenvalue weighted by atomic mass is 9.36. The van der Waals surface area contributed by atoms with Crippen LogP contribution in [0.25, 0.3) is 31.6 Å². The van der Waals surface area contributed by atoms with Crippen molar-refractivity contribution in [3.05, 3.63) is 156 Å². The van der Waals surface area contributed by atoms with Gasteiger partial charge in [-0.3, -0.25) is 0 Å². The fourth-order valence-electron chi connectivity index (χ4n) is 9.70. The topological polar surface area (TPSA) is 6.48 Å². The molecule has 0 saturated heterocycles. The van der Waals surface area contributed by atoms with Crippen molar-refractivity contribution in [3.63, 3.8) is 0 Å². The van der Waals surface area contributed by atoms with Gasteiger partial charge in [0.1, 0.15) is 0 Å². The maximum Gasteiger partial charge on any atom is 0.246 e. The molecule has 5 heteroatoms. The molecule has 0 saturated carbocycles. The van der Waals surface area contributed by atoms with Crippen molar-refractivity contribution in [1.82, 2.24) is 0 Å². The molecule has 8 aromatic rings. The van der Waals surface area contributed by atoms with Crippen LogP contribution in [0.2, 0.25) is 0 Å². The third kappa shape index (κ3) is 5.09. The van der Waals surface area contributed by atoms with Gasteiger partial charge in [-0.2, -0.15) is 0 Å². The van der Waals surface area contributed by atoms with Gasteiger partial charge in [0.2, 0.25) is 6.71 Å². The van der Waals surface area contributed by atoms with Crippen LogP contribution in [-0.4, -0.2) is 11.9 Å². The molecule has 2 nitrogen and oxygen atoms in total. The van der Waals surface area contributed by atoms with Crippen molar-refractivity contribution in [2.45, 2.75) is 75.4 Å². The highest BCUT2D eigenvalue weighted by Gasteiger charge is 2.55. The Morgan fingerprint density at radius 2 is 1.14 bits per heavy atom. The number of fused-ring (bicyclic) bond motifs is 10. The Hall–Kier alpha value is -4.97. The molecule has 0 bridgehead atoms. The van der Waals surface area contributed by atoms with E-state index < -0.39 is 0 Å². The fraction of sp³-hybridized carbons (Fsp3) is 0.216. The summed E-state index contributed by atoms with van der Waals surface area (Å²) in [6.07, 6.45) is 0. The number of anilines is 5. The maximum absolute atomic E-state index is 2.72. The van der Waals surface area contributed by atoms with Gasteiger partial charge in [-0.25, -0.2) is 0 Å². The van der Waals surface area contributed by atoms with Crippen molar-refractivity contribution < 1.29 is 0 Å². The monoisotopic (exact) mass is 760 g/mol. The van der Waals surface area contributed by atoms with Crippen molar-refractivity contribution >= 4 is 100 Å². The smallest absolute Gasteiger partial charge is 0.246 e. The molecule has 2 unspecified atom stereocenters. The van der Waals surface area contributed by atoms with Crippen LogP contribution in [0, 0.1) is 6.92 Å². The molecule has 2 atom stereocenters. The van der Waals surface area contributed by atoms with Crippen LogP contribution in [0.4, 0.5) is 28.4 Å². The molecule has 3 aliphatic heterocycles. The normalized spacial score (nSPS) is 17.4. The zero-order valence-corrected chi connectivity index (χ0v) is 34.8. The van der Waals surface area contributed by atoms with Crippen LogP contribution < -0.4 is 20.0 Å². The predicted molar refractivity (Wildman–Crippen MR) is 246 cm³/mol. The molecular weight excluding hydrogens is 716 g/mol. The highest BCUT2D eigenvalue weighted by atomic mass is 32.2. The first-order chi connectivity index (χ1) is 26.9. The second-order valence-corrected chi connectivity index (χ2v) is 20.6. The number of thiophene rings is 1. The van der Waals surface area contributed by atoms with Gasteiger partial charge >= 0.3 is 0 Å². The molecule has 0 amide bonds. The SMILES string of the molecule is Cc1cc2c3c(c1)N(c1ccc(C(C)(C)C)cc1)C1c4cc5ccccc5cc4SC1B3c1sc3cc4ccccc4cc3c1N2c1ccc(C(C)(C)C)cc1. The minimum atomic E-state index is 0.0741. The fourth-order valence-corrected chi connectivity index (χ4v) is 12.8. The molecule has 1 aromatic heterocycles. The van der Waals surface area contributed by atoms with Crippen molar-refractivity contribution in [3.8, 4) is 0 Å². The van der Waals surface area contributed by atoms with E-state index in [9.17, 15) is 0 Å². The average molecular weight is 761 g/mol. The molecule has 7 aromatic carbocycles. The van der Waals surface area contributed by atoms with E-state index >= 15 is 0 Å². The Kier molecular flexibility index (Phi) is 7.36. The van der Waals surface area contributed by atoms with Gasteiger partial charge in [0.25, 0.3) is 0 Å². The molecule has 0 spiro atoms. The number of rotatable bonds is 2. The third-order valence-electron chi connectivity index (χ3n) is 12.5. The van der Waals surface area contributed by atoms with Crippen LogP contribution in [-0.2, 0) is 10.8 Å². The van der Waals surface area contributed by atoms with E-state index in [1.54, 1.807) is 0 Å². The lowest BCUT2D eigenvalue weighted by molar-refractivity contribution is 0.590. The Bertz CT molecular complexity index is 2890. The van der Waals surface area contributed by atoms with E-state index in [0.717, 1.165) is 0 Å². The van der Waals surface area contributed by atoms with Gasteiger partial charge in [-0.1, -0.05) is 114 Å². The minimum absolute atomic E-state index is 0.0741. The molecule has 56 heavy (non-hydrogen) atoms. The van der Waals surface area contributed by atoms with E-state index in [0.29, 0.717) is 0 Å². The lowest BCUT2D eigenvalue weighted by Crippen LogP contribution is -2.61. The van der Waals surface area contributed by atoms with Crippen LogP contribution in [0.3, 0.4) is 0 Å². The Morgan fingerprint density at radius 1 is 0.589 bits per heavy atom. The van der Waals surface area contributed by atoms with Gasteiger partial charge in [0, 0.05) is 47.7 Å². The van der Waals surface area contributed by atoms with E-state index in [4.69, 9.17) is 0 Å². The van der Waals surface area contributed by atoms with Gasteiger partial charge < -0.3 is 9.80 Å². The number of aryl methyl sites for hydroxylation is 1. The first-order valence-electron chi connectivity index (χ1n) is 20.0. The Balaban J connectivity index is 1.22. The number of hydrogen-bond donors (Lipinski definition) is 0. The highest BCUT2D eigenvalue weighted by Crippen LogP contribution is 2.58. The zero-order chi connectivity index (χ0) is 38.2. The van der Waals surface area contributed by atoms with E-state index in [2.05, 4.69) is 203 Å². The summed E-state index contributed by atoms with van der Waals surface area (Å²) in [5, 5.41) is 6.85. The molecule has 4 heterocycles. The van der Waals surface area contributed by atoms with Crippen molar-refractivity contribution in [1.29, 1.82) is 0 Å². The number of thioether (sulfide) groups is 1. The molecular formula is C51H45BN2S2. The summed E-state index contributed by atoms with van der Waals surface area (Å²) in [7, 11) is 0. The van der Waals surface area contributed by atoms with Crippen LogP contribution >= 0.6 is 23.1 Å². The lowest BCUT2D eigenvalue weighted by Gasteiger charge is -2.48. The molecule has 0 fully saturated rings. The summed E-state index contributed by atoms with van der Waals surface area (Å²) < 4.78 is 2.84. The van der Waals surface area contributed by atoms with Crippen LogP contribution in [0.5, 0.6) is 0 Å². The van der Waals surface area contributed by atoms with Gasteiger partial charge in [-0.05, 0) is 128 Å². The second-order valence-electron chi connectivity index (χ2n) is 18.3. The van der Waals surface area contributed by atoms with Crippen molar-refractivity contribution in [2.75, 3.05) is 9.80 Å². The number of hydrogen-bond acceptors (Lipinski definition) is 4. The van der Waals surface area contributed by atoms with Crippen LogP contribution in [0.15, 0.2) is 138 Å². The summed E-state index contributed by atoms with van der Waals surface area (Å²) in [6.45, 7) is 16.4. The number of nitrogens with zero attached hydrogens (tertiary/aromatic N) is 2. The largest absolute Gasteiger partial charge is 0.334 e. The first-order valence-corrected chi connectivity index (χ1v) is 21.7. The summed E-state index contributed by atoms with van der Waals surface area (Å²) in [5.41, 5.74) is 13.5. The molecule has 0 aliphatic carbocycles. The van der Waals surface area contributed by atoms with Crippen molar-refractivity contribution in [2.24, 2.45) is 0 Å². The van der Waals surface area contributed by atoms with Gasteiger partial charge in [-0.15, -0.1) is 23.1 Å². The maximum atomic E-state index is 2.72. The number of benzene rings is 7. The average Bonchev–Trinajstić information content (AvgIpc) is 3.73. The Labute approximate surface area is 339 Å². The highest BCUT2D eigenvalue weighted by molar-refractivity contribution is 8.02. The van der Waals surface area contributed by atoms with E-state index in [1.807, 2.05) is 11.3 Å². The van der Waals surface area contributed by atoms with Gasteiger partial charge in [0.15, 0.2) is 0 Å². The van der Waals surface area contributed by atoms with Gasteiger partial charge in [0.05, 0.1) is 11.7 Å². The van der Waals surface area contributed by atoms with Crippen LogP contribution in [0.1, 0.15) is 69.8 Å². The molecule has 274 valence electrons. The first kappa shape index (κ1) is 34.3. The van der Waals surface area contributed by atoms with E-state index in [-0.39, 0.29) is 28.7 Å². The quantitative estimate of drug-likeness (QED) is 0.162. The summed E-state index contributed by atoms with van der Waals surface area (Å²) in [4.78, 5) is 6.76.